The Kier molecular flexibility index (Phi) is 6.83. The van der Waals surface area contributed by atoms with Crippen molar-refractivity contribution < 1.29 is 14.0 Å². The van der Waals surface area contributed by atoms with Gasteiger partial charge in [0.15, 0.2) is 16.1 Å². The largest absolute Gasteiger partial charge is 0.342 e. The van der Waals surface area contributed by atoms with Crippen molar-refractivity contribution in [2.24, 2.45) is 7.05 Å². The number of thiazole rings is 1. The van der Waals surface area contributed by atoms with Crippen LogP contribution in [-0.2, 0) is 11.8 Å². The summed E-state index contributed by atoms with van der Waals surface area (Å²) in [5.41, 5.74) is 0.859. The second-order valence-electron chi connectivity index (χ2n) is 6.57. The number of thioether (sulfide) groups is 1. The summed E-state index contributed by atoms with van der Waals surface area (Å²) in [6, 6.07) is 5.27. The second-order valence-corrected chi connectivity index (χ2v) is 8.72. The van der Waals surface area contributed by atoms with Gasteiger partial charge in [0.1, 0.15) is 5.82 Å². The van der Waals surface area contributed by atoms with Crippen LogP contribution >= 0.6 is 23.1 Å². The summed E-state index contributed by atoms with van der Waals surface area (Å²) in [4.78, 5) is 29.8. The monoisotopic (exact) mass is 448 g/mol. The van der Waals surface area contributed by atoms with Gasteiger partial charge in [-0.15, -0.1) is 21.5 Å². The van der Waals surface area contributed by atoms with Gasteiger partial charge < -0.3 is 15.2 Å². The topological polar surface area (TPSA) is 102 Å². The Morgan fingerprint density at radius 2 is 2.00 bits per heavy atom. The molecule has 1 aromatic carbocycles. The Morgan fingerprint density at radius 1 is 1.27 bits per heavy atom. The summed E-state index contributed by atoms with van der Waals surface area (Å²) in [5, 5.41) is 14.8. The lowest BCUT2D eigenvalue weighted by molar-refractivity contribution is -0.113. The number of nitrogens with one attached hydrogen (secondary N) is 2. The molecule has 0 aliphatic heterocycles. The van der Waals surface area contributed by atoms with Crippen molar-refractivity contribution in [2.75, 3.05) is 11.1 Å². The number of hydrogen-bond donors (Lipinski definition) is 2. The summed E-state index contributed by atoms with van der Waals surface area (Å²) in [6.45, 7) is 5.57. The molecule has 0 radical (unpaired) electrons. The summed E-state index contributed by atoms with van der Waals surface area (Å²) < 4.78 is 15.5. The van der Waals surface area contributed by atoms with Gasteiger partial charge in [-0.1, -0.05) is 23.9 Å². The molecule has 0 unspecified atom stereocenters. The van der Waals surface area contributed by atoms with Crippen LogP contribution in [-0.4, -0.2) is 37.3 Å². The first-order chi connectivity index (χ1) is 14.3. The van der Waals surface area contributed by atoms with Crippen molar-refractivity contribution >= 4 is 40.0 Å². The SMILES string of the molecule is Cc1nc(NC(=O)CSc2nnc([C@H](C)NC(=O)c3ccccc3F)n2C)sc1C. The van der Waals surface area contributed by atoms with Gasteiger partial charge in [0.25, 0.3) is 5.91 Å². The Bertz CT molecular complexity index is 1060. The molecule has 0 bridgehead atoms. The maximum Gasteiger partial charge on any atom is 0.254 e. The summed E-state index contributed by atoms with van der Waals surface area (Å²) in [7, 11) is 1.74. The third kappa shape index (κ3) is 5.03. The predicted octanol–water partition coefficient (Wildman–Crippen LogP) is 3.25. The predicted molar refractivity (Wildman–Crippen MR) is 114 cm³/mol. The highest BCUT2D eigenvalue weighted by Crippen LogP contribution is 2.23. The van der Waals surface area contributed by atoms with Crippen molar-refractivity contribution in [3.8, 4) is 0 Å². The quantitative estimate of drug-likeness (QED) is 0.538. The van der Waals surface area contributed by atoms with Crippen molar-refractivity contribution in [1.29, 1.82) is 0 Å². The molecular formula is C19H21FN6O2S2. The Balaban J connectivity index is 1.59. The average Bonchev–Trinajstić information content (AvgIpc) is 3.21. The lowest BCUT2D eigenvalue weighted by Gasteiger charge is -2.14. The van der Waals surface area contributed by atoms with Gasteiger partial charge in [0.05, 0.1) is 23.1 Å². The maximum absolute atomic E-state index is 13.8. The molecule has 2 heterocycles. The first-order valence-electron chi connectivity index (χ1n) is 9.07. The van der Waals surface area contributed by atoms with E-state index in [0.717, 1.165) is 10.6 Å². The number of carbonyl (C=O) groups is 2. The molecule has 0 spiro atoms. The third-order valence-corrected chi connectivity index (χ3v) is 6.34. The van der Waals surface area contributed by atoms with Gasteiger partial charge in [-0.3, -0.25) is 9.59 Å². The molecule has 0 saturated carbocycles. The van der Waals surface area contributed by atoms with Gasteiger partial charge in [0.2, 0.25) is 5.91 Å². The molecule has 0 aliphatic rings. The van der Waals surface area contributed by atoms with Crippen LogP contribution in [0.3, 0.4) is 0 Å². The zero-order chi connectivity index (χ0) is 21.8. The third-order valence-electron chi connectivity index (χ3n) is 4.33. The molecule has 0 fully saturated rings. The van der Waals surface area contributed by atoms with Gasteiger partial charge in [0, 0.05) is 11.9 Å². The Hall–Kier alpha value is -2.79. The molecule has 3 rings (SSSR count). The minimum Gasteiger partial charge on any atom is -0.342 e. The maximum atomic E-state index is 13.8. The minimum atomic E-state index is -0.590. The van der Waals surface area contributed by atoms with E-state index in [1.165, 1.54) is 41.3 Å². The van der Waals surface area contributed by atoms with E-state index < -0.39 is 17.8 Å². The van der Waals surface area contributed by atoms with E-state index in [2.05, 4.69) is 25.8 Å². The van der Waals surface area contributed by atoms with E-state index in [9.17, 15) is 14.0 Å². The number of aryl methyl sites for hydroxylation is 2. The minimum absolute atomic E-state index is 0.0366. The van der Waals surface area contributed by atoms with Crippen molar-refractivity contribution in [2.45, 2.75) is 32.0 Å². The number of rotatable bonds is 7. The van der Waals surface area contributed by atoms with Crippen LogP contribution in [0.5, 0.6) is 0 Å². The normalized spacial score (nSPS) is 11.9. The van der Waals surface area contributed by atoms with E-state index in [1.54, 1.807) is 24.6 Å². The fraction of sp³-hybridized carbons (Fsp3) is 0.316. The molecule has 2 N–H and O–H groups in total. The van der Waals surface area contributed by atoms with E-state index in [-0.39, 0.29) is 17.2 Å². The van der Waals surface area contributed by atoms with Gasteiger partial charge in [-0.05, 0) is 32.9 Å². The highest BCUT2D eigenvalue weighted by Gasteiger charge is 2.20. The summed E-state index contributed by atoms with van der Waals surface area (Å²) >= 11 is 2.65. The number of benzene rings is 1. The van der Waals surface area contributed by atoms with E-state index in [0.29, 0.717) is 16.1 Å². The van der Waals surface area contributed by atoms with Crippen LogP contribution in [0.1, 0.15) is 39.7 Å². The molecule has 2 aromatic heterocycles. The van der Waals surface area contributed by atoms with Gasteiger partial charge >= 0.3 is 0 Å². The lowest BCUT2D eigenvalue weighted by Crippen LogP contribution is -2.29. The molecule has 3 aromatic rings. The second kappa shape index (κ2) is 9.35. The number of amides is 2. The zero-order valence-corrected chi connectivity index (χ0v) is 18.5. The number of carbonyl (C=O) groups excluding carboxylic acids is 2. The fourth-order valence-electron chi connectivity index (χ4n) is 2.62. The highest BCUT2D eigenvalue weighted by atomic mass is 32.2. The van der Waals surface area contributed by atoms with Crippen LogP contribution in [0.25, 0.3) is 0 Å². The van der Waals surface area contributed by atoms with Crippen LogP contribution < -0.4 is 10.6 Å². The molecule has 1 atom stereocenters. The molecule has 11 heteroatoms. The highest BCUT2D eigenvalue weighted by molar-refractivity contribution is 7.99. The molecule has 0 saturated heterocycles. The smallest absolute Gasteiger partial charge is 0.254 e. The molecule has 2 amide bonds. The zero-order valence-electron chi connectivity index (χ0n) is 16.9. The number of nitrogens with zero attached hydrogens (tertiary/aromatic N) is 4. The van der Waals surface area contributed by atoms with Crippen LogP contribution in [0.15, 0.2) is 29.4 Å². The Morgan fingerprint density at radius 3 is 2.67 bits per heavy atom. The van der Waals surface area contributed by atoms with Crippen LogP contribution in [0.2, 0.25) is 0 Å². The standard InChI is InChI=1S/C19H21FN6O2S2/c1-10-12(3)30-18(22-10)23-15(27)9-29-19-25-24-16(26(19)4)11(2)21-17(28)13-7-5-6-8-14(13)20/h5-8,11H,9H2,1-4H3,(H,21,28)(H,22,23,27)/t11-/m0/s1. The van der Waals surface area contributed by atoms with Gasteiger partial charge in [-0.25, -0.2) is 9.37 Å². The average molecular weight is 449 g/mol. The van der Waals surface area contributed by atoms with Gasteiger partial charge in [-0.2, -0.15) is 0 Å². The van der Waals surface area contributed by atoms with E-state index >= 15 is 0 Å². The van der Waals surface area contributed by atoms with E-state index in [1.807, 2.05) is 13.8 Å². The number of halogens is 1. The van der Waals surface area contributed by atoms with Crippen LogP contribution in [0.4, 0.5) is 9.52 Å². The number of hydrogen-bond acceptors (Lipinski definition) is 7. The summed E-state index contributed by atoms with van der Waals surface area (Å²) in [5.74, 6) is -0.688. The molecule has 0 aliphatic carbocycles. The van der Waals surface area contributed by atoms with E-state index in [4.69, 9.17) is 0 Å². The van der Waals surface area contributed by atoms with Crippen LogP contribution in [0, 0.1) is 19.7 Å². The lowest BCUT2D eigenvalue weighted by atomic mass is 10.2. The first kappa shape index (κ1) is 21.9. The fourth-order valence-corrected chi connectivity index (χ4v) is 4.17. The number of aromatic nitrogens is 4. The molecule has 8 nitrogen and oxygen atoms in total. The first-order valence-corrected chi connectivity index (χ1v) is 10.9. The Labute approximate surface area is 181 Å². The summed E-state index contributed by atoms with van der Waals surface area (Å²) in [6.07, 6.45) is 0. The van der Waals surface area contributed by atoms with Crippen molar-refractivity contribution in [3.63, 3.8) is 0 Å². The molecular weight excluding hydrogens is 427 g/mol. The molecule has 158 valence electrons. The number of anilines is 1. The van der Waals surface area contributed by atoms with Crippen molar-refractivity contribution in [1.82, 2.24) is 25.1 Å². The van der Waals surface area contributed by atoms with Crippen molar-refractivity contribution in [3.05, 3.63) is 52.0 Å². The molecule has 30 heavy (non-hydrogen) atoms.